The van der Waals surface area contributed by atoms with Gasteiger partial charge in [0, 0.05) is 6.04 Å². The van der Waals surface area contributed by atoms with E-state index in [1.165, 1.54) is 11.8 Å². The van der Waals surface area contributed by atoms with Gasteiger partial charge in [-0.2, -0.15) is 0 Å². The number of hydrogen-bond donors (Lipinski definition) is 3. The maximum Gasteiger partial charge on any atom is 0.321 e. The lowest BCUT2D eigenvalue weighted by molar-refractivity contribution is -0.119. The molecule has 1 aromatic heterocycles. The summed E-state index contributed by atoms with van der Waals surface area (Å²) in [6, 6.07) is 11.4. The molecule has 0 spiro atoms. The predicted molar refractivity (Wildman–Crippen MR) is 105 cm³/mol. The van der Waals surface area contributed by atoms with Crippen molar-refractivity contribution in [2.24, 2.45) is 5.92 Å². The van der Waals surface area contributed by atoms with Crippen LogP contribution in [0.3, 0.4) is 0 Å². The van der Waals surface area contributed by atoms with Gasteiger partial charge in [0.05, 0.1) is 19.4 Å². The molecule has 146 valence electrons. The van der Waals surface area contributed by atoms with E-state index in [2.05, 4.69) is 67.9 Å². The summed E-state index contributed by atoms with van der Waals surface area (Å²) in [6.45, 7) is 8.81. The smallest absolute Gasteiger partial charge is 0.321 e. The molecule has 2 rings (SSSR count). The van der Waals surface area contributed by atoms with E-state index in [0.717, 1.165) is 5.56 Å². The summed E-state index contributed by atoms with van der Waals surface area (Å²) in [6.07, 6.45) is 1.53. The normalized spacial score (nSPS) is 12.2. The van der Waals surface area contributed by atoms with Crippen molar-refractivity contribution in [3.63, 3.8) is 0 Å². The highest BCUT2D eigenvalue weighted by Gasteiger charge is 2.17. The largest absolute Gasteiger partial charge is 0.467 e. The van der Waals surface area contributed by atoms with E-state index >= 15 is 0 Å². The van der Waals surface area contributed by atoms with E-state index in [-0.39, 0.29) is 25.0 Å². The lowest BCUT2D eigenvalue weighted by atomic mass is 9.93. The molecule has 0 fully saturated rings. The lowest BCUT2D eigenvalue weighted by Crippen LogP contribution is -2.44. The van der Waals surface area contributed by atoms with Gasteiger partial charge in [-0.3, -0.25) is 10.1 Å². The molecule has 0 aliphatic carbocycles. The van der Waals surface area contributed by atoms with Gasteiger partial charge in [-0.15, -0.1) is 0 Å². The Bertz CT molecular complexity index is 722. The van der Waals surface area contributed by atoms with Crippen molar-refractivity contribution >= 4 is 11.9 Å². The molecule has 0 aliphatic heterocycles. The first kappa shape index (κ1) is 20.7. The zero-order valence-corrected chi connectivity index (χ0v) is 16.4. The zero-order valence-electron chi connectivity index (χ0n) is 16.4. The number of benzene rings is 1. The predicted octanol–water partition coefficient (Wildman–Crippen LogP) is 3.72. The van der Waals surface area contributed by atoms with E-state index in [0.29, 0.717) is 17.6 Å². The average molecular weight is 371 g/mol. The average Bonchev–Trinajstić information content (AvgIpc) is 3.14. The number of nitrogens with one attached hydrogen (secondary N) is 3. The monoisotopic (exact) mass is 371 g/mol. The van der Waals surface area contributed by atoms with Crippen molar-refractivity contribution in [3.05, 3.63) is 59.5 Å². The Hall–Kier alpha value is -2.60. The van der Waals surface area contributed by atoms with E-state index in [1.54, 1.807) is 12.1 Å². The highest BCUT2D eigenvalue weighted by atomic mass is 16.3. The van der Waals surface area contributed by atoms with Crippen LogP contribution < -0.4 is 16.0 Å². The van der Waals surface area contributed by atoms with Crippen LogP contribution in [0.15, 0.2) is 47.1 Å². The van der Waals surface area contributed by atoms with Gasteiger partial charge in [0.25, 0.3) is 0 Å². The first-order valence-electron chi connectivity index (χ1n) is 9.30. The molecular formula is C21H29N3O3. The molecular weight excluding hydrogens is 342 g/mol. The van der Waals surface area contributed by atoms with Crippen LogP contribution in [0.4, 0.5) is 4.79 Å². The van der Waals surface area contributed by atoms with Gasteiger partial charge in [0.15, 0.2) is 0 Å². The number of furan rings is 1. The Balaban J connectivity index is 1.83. The van der Waals surface area contributed by atoms with Crippen LogP contribution in [0, 0.1) is 5.92 Å². The molecule has 1 atom stereocenters. The van der Waals surface area contributed by atoms with Crippen molar-refractivity contribution in [3.8, 4) is 0 Å². The SMILES string of the molecule is CC(C)c1ccc([C@H](NCC(=O)NC(=O)NCc2ccco2)C(C)C)cc1. The van der Waals surface area contributed by atoms with Crippen LogP contribution in [0.5, 0.6) is 0 Å². The molecule has 1 aromatic carbocycles. The summed E-state index contributed by atoms with van der Waals surface area (Å²) >= 11 is 0. The summed E-state index contributed by atoms with van der Waals surface area (Å²) in [5.41, 5.74) is 2.41. The van der Waals surface area contributed by atoms with Crippen molar-refractivity contribution in [1.82, 2.24) is 16.0 Å². The third-order valence-electron chi connectivity index (χ3n) is 4.37. The van der Waals surface area contributed by atoms with Crippen LogP contribution in [-0.4, -0.2) is 18.5 Å². The van der Waals surface area contributed by atoms with Crippen molar-refractivity contribution in [2.75, 3.05) is 6.54 Å². The van der Waals surface area contributed by atoms with Gasteiger partial charge in [-0.1, -0.05) is 52.0 Å². The number of imide groups is 1. The zero-order chi connectivity index (χ0) is 19.8. The van der Waals surface area contributed by atoms with Crippen LogP contribution >= 0.6 is 0 Å². The maximum absolute atomic E-state index is 12.1. The van der Waals surface area contributed by atoms with Crippen LogP contribution in [-0.2, 0) is 11.3 Å². The highest BCUT2D eigenvalue weighted by Crippen LogP contribution is 2.23. The molecule has 0 radical (unpaired) electrons. The second kappa shape index (κ2) is 9.92. The summed E-state index contributed by atoms with van der Waals surface area (Å²) in [4.78, 5) is 23.8. The summed E-state index contributed by atoms with van der Waals surface area (Å²) in [7, 11) is 0. The second-order valence-corrected chi connectivity index (χ2v) is 7.23. The quantitative estimate of drug-likeness (QED) is 0.660. The molecule has 6 heteroatoms. The molecule has 3 N–H and O–H groups in total. The molecule has 27 heavy (non-hydrogen) atoms. The first-order valence-corrected chi connectivity index (χ1v) is 9.30. The maximum atomic E-state index is 12.1. The summed E-state index contributed by atoms with van der Waals surface area (Å²) in [5, 5.41) is 8.15. The number of carbonyl (C=O) groups is 2. The van der Waals surface area contributed by atoms with E-state index in [1.807, 2.05) is 0 Å². The van der Waals surface area contributed by atoms with Gasteiger partial charge in [-0.05, 0) is 35.1 Å². The van der Waals surface area contributed by atoms with E-state index in [4.69, 9.17) is 4.42 Å². The van der Waals surface area contributed by atoms with Crippen molar-refractivity contribution < 1.29 is 14.0 Å². The van der Waals surface area contributed by atoms with Gasteiger partial charge >= 0.3 is 6.03 Å². The minimum absolute atomic E-state index is 0.0307. The number of rotatable bonds is 8. The lowest BCUT2D eigenvalue weighted by Gasteiger charge is -2.23. The topological polar surface area (TPSA) is 83.4 Å². The Labute approximate surface area is 160 Å². The molecule has 2 aromatic rings. The number of hydrogen-bond acceptors (Lipinski definition) is 4. The Morgan fingerprint density at radius 1 is 1.00 bits per heavy atom. The first-order chi connectivity index (χ1) is 12.9. The number of amides is 3. The standard InChI is InChI=1S/C21H29N3O3/c1-14(2)16-7-9-17(10-8-16)20(15(3)4)22-13-19(25)24-21(26)23-12-18-6-5-11-27-18/h5-11,14-15,20,22H,12-13H2,1-4H3,(H2,23,24,25,26)/t20-/m1/s1. The fourth-order valence-corrected chi connectivity index (χ4v) is 2.82. The van der Waals surface area contributed by atoms with Gasteiger partial charge in [0.2, 0.25) is 5.91 Å². The van der Waals surface area contributed by atoms with Gasteiger partial charge in [-0.25, -0.2) is 4.79 Å². The molecule has 0 saturated heterocycles. The van der Waals surface area contributed by atoms with Crippen LogP contribution in [0.1, 0.15) is 56.5 Å². The summed E-state index contributed by atoms with van der Waals surface area (Å²) in [5.74, 6) is 1.03. The molecule has 3 amide bonds. The Morgan fingerprint density at radius 3 is 2.22 bits per heavy atom. The van der Waals surface area contributed by atoms with Gasteiger partial charge in [0.1, 0.15) is 5.76 Å². The third-order valence-corrected chi connectivity index (χ3v) is 4.37. The molecule has 0 bridgehead atoms. The fraction of sp³-hybridized carbons (Fsp3) is 0.429. The second-order valence-electron chi connectivity index (χ2n) is 7.23. The van der Waals surface area contributed by atoms with Crippen LogP contribution in [0.2, 0.25) is 0 Å². The van der Waals surface area contributed by atoms with Crippen LogP contribution in [0.25, 0.3) is 0 Å². The minimum atomic E-state index is -0.541. The van der Waals surface area contributed by atoms with E-state index < -0.39 is 6.03 Å². The molecule has 6 nitrogen and oxygen atoms in total. The Kier molecular flexibility index (Phi) is 7.61. The van der Waals surface area contributed by atoms with E-state index in [9.17, 15) is 9.59 Å². The highest BCUT2D eigenvalue weighted by molar-refractivity contribution is 5.95. The molecule has 1 heterocycles. The minimum Gasteiger partial charge on any atom is -0.467 e. The Morgan fingerprint density at radius 2 is 1.67 bits per heavy atom. The summed E-state index contributed by atoms with van der Waals surface area (Å²) < 4.78 is 5.13. The third kappa shape index (κ3) is 6.57. The fourth-order valence-electron chi connectivity index (χ4n) is 2.82. The number of urea groups is 1. The van der Waals surface area contributed by atoms with Crippen molar-refractivity contribution in [1.29, 1.82) is 0 Å². The molecule has 0 saturated carbocycles. The van der Waals surface area contributed by atoms with Crippen molar-refractivity contribution in [2.45, 2.75) is 46.2 Å². The molecule has 0 unspecified atom stereocenters. The van der Waals surface area contributed by atoms with Gasteiger partial charge < -0.3 is 15.1 Å². The number of carbonyl (C=O) groups excluding carboxylic acids is 2. The molecule has 0 aliphatic rings.